The highest BCUT2D eigenvalue weighted by Crippen LogP contribution is 2.11. The molecule has 1 aliphatic rings. The minimum atomic E-state index is 1.09. The summed E-state index contributed by atoms with van der Waals surface area (Å²) in [5.41, 5.74) is 0. The SMILES string of the molecule is CS/N=C1\NCCCS1. The molecule has 0 aromatic rings. The molecule has 1 fully saturated rings. The minimum Gasteiger partial charge on any atom is -0.364 e. The average molecular weight is 162 g/mol. The van der Waals surface area contributed by atoms with Crippen molar-refractivity contribution in [3.05, 3.63) is 0 Å². The van der Waals surface area contributed by atoms with Gasteiger partial charge < -0.3 is 5.32 Å². The van der Waals surface area contributed by atoms with Gasteiger partial charge in [0, 0.05) is 18.6 Å². The molecular weight excluding hydrogens is 152 g/mol. The van der Waals surface area contributed by atoms with E-state index in [1.54, 1.807) is 11.8 Å². The van der Waals surface area contributed by atoms with Crippen molar-refractivity contribution < 1.29 is 0 Å². The van der Waals surface area contributed by atoms with Gasteiger partial charge >= 0.3 is 0 Å². The van der Waals surface area contributed by atoms with Crippen LogP contribution in [0.4, 0.5) is 0 Å². The average Bonchev–Trinajstić information content (AvgIpc) is 1.91. The third kappa shape index (κ3) is 2.49. The van der Waals surface area contributed by atoms with E-state index in [1.807, 2.05) is 6.26 Å². The predicted octanol–water partition coefficient (Wildman–Crippen LogP) is 1.35. The molecule has 0 radical (unpaired) electrons. The summed E-state index contributed by atoms with van der Waals surface area (Å²) >= 11 is 3.32. The lowest BCUT2D eigenvalue weighted by atomic mass is 10.5. The first-order valence-corrected chi connectivity index (χ1v) is 5.08. The molecule has 0 aromatic heterocycles. The van der Waals surface area contributed by atoms with Crippen molar-refractivity contribution in [2.75, 3.05) is 18.6 Å². The molecule has 9 heavy (non-hydrogen) atoms. The molecule has 1 N–H and O–H groups in total. The quantitative estimate of drug-likeness (QED) is 0.589. The van der Waals surface area contributed by atoms with Crippen molar-refractivity contribution in [3.8, 4) is 0 Å². The first-order chi connectivity index (χ1) is 4.43. The fourth-order valence-electron chi connectivity index (χ4n) is 0.629. The normalized spacial score (nSPS) is 23.9. The smallest absolute Gasteiger partial charge is 0.168 e. The van der Waals surface area contributed by atoms with E-state index in [0.29, 0.717) is 0 Å². The highest BCUT2D eigenvalue weighted by molar-refractivity contribution is 8.14. The van der Waals surface area contributed by atoms with Gasteiger partial charge in [0.25, 0.3) is 0 Å². The molecule has 52 valence electrons. The van der Waals surface area contributed by atoms with Gasteiger partial charge in [-0.1, -0.05) is 11.8 Å². The van der Waals surface area contributed by atoms with E-state index in [4.69, 9.17) is 0 Å². The van der Waals surface area contributed by atoms with E-state index in [1.165, 1.54) is 24.1 Å². The zero-order valence-corrected chi connectivity index (χ0v) is 7.02. The summed E-state index contributed by atoms with van der Waals surface area (Å²) in [6.07, 6.45) is 3.24. The standard InChI is InChI=1S/C5H10N2S2/c1-8-7-5-6-3-2-4-9-5/h2-4H2,1H3,(H,6,7). The van der Waals surface area contributed by atoms with E-state index >= 15 is 0 Å². The number of nitrogens with zero attached hydrogens (tertiary/aromatic N) is 1. The van der Waals surface area contributed by atoms with Crippen molar-refractivity contribution in [1.29, 1.82) is 0 Å². The summed E-state index contributed by atoms with van der Waals surface area (Å²) < 4.78 is 4.17. The van der Waals surface area contributed by atoms with Crippen LogP contribution in [-0.4, -0.2) is 23.7 Å². The van der Waals surface area contributed by atoms with Gasteiger partial charge in [0.05, 0.1) is 0 Å². The maximum atomic E-state index is 4.17. The number of hydrogen-bond acceptors (Lipinski definition) is 3. The van der Waals surface area contributed by atoms with Gasteiger partial charge in [0.15, 0.2) is 5.17 Å². The van der Waals surface area contributed by atoms with Crippen molar-refractivity contribution >= 4 is 28.9 Å². The summed E-state index contributed by atoms with van der Waals surface area (Å²) in [5, 5.41) is 4.30. The van der Waals surface area contributed by atoms with Crippen molar-refractivity contribution in [3.63, 3.8) is 0 Å². The van der Waals surface area contributed by atoms with Crippen LogP contribution < -0.4 is 5.32 Å². The number of thioether (sulfide) groups is 1. The lowest BCUT2D eigenvalue weighted by Gasteiger charge is -2.13. The van der Waals surface area contributed by atoms with Crippen molar-refractivity contribution in [2.45, 2.75) is 6.42 Å². The molecule has 1 rings (SSSR count). The third-order valence-corrected chi connectivity index (χ3v) is 2.49. The van der Waals surface area contributed by atoms with Crippen LogP contribution in [-0.2, 0) is 0 Å². The molecule has 0 spiro atoms. The Balaban J connectivity index is 2.30. The summed E-state index contributed by atoms with van der Waals surface area (Å²) in [4.78, 5) is 0. The molecule has 0 aromatic carbocycles. The van der Waals surface area contributed by atoms with Crippen LogP contribution in [0.3, 0.4) is 0 Å². The number of rotatable bonds is 1. The molecule has 4 heteroatoms. The Morgan fingerprint density at radius 2 is 2.67 bits per heavy atom. The molecule has 0 unspecified atom stereocenters. The molecule has 1 saturated heterocycles. The van der Waals surface area contributed by atoms with Crippen LogP contribution in [0.25, 0.3) is 0 Å². The van der Waals surface area contributed by atoms with Crippen LogP contribution in [0.15, 0.2) is 4.40 Å². The van der Waals surface area contributed by atoms with E-state index in [2.05, 4.69) is 9.71 Å². The fraction of sp³-hybridized carbons (Fsp3) is 0.800. The van der Waals surface area contributed by atoms with Crippen LogP contribution in [0.1, 0.15) is 6.42 Å². The molecule has 1 aliphatic heterocycles. The van der Waals surface area contributed by atoms with Crippen LogP contribution in [0, 0.1) is 0 Å². The Kier molecular flexibility index (Phi) is 3.28. The summed E-state index contributed by atoms with van der Waals surface area (Å²) in [6.45, 7) is 1.09. The number of nitrogens with one attached hydrogen (secondary N) is 1. The Morgan fingerprint density at radius 1 is 1.78 bits per heavy atom. The molecule has 0 aliphatic carbocycles. The first-order valence-electron chi connectivity index (χ1n) is 2.91. The van der Waals surface area contributed by atoms with E-state index in [9.17, 15) is 0 Å². The van der Waals surface area contributed by atoms with Crippen molar-refractivity contribution in [1.82, 2.24) is 5.32 Å². The Morgan fingerprint density at radius 3 is 3.22 bits per heavy atom. The van der Waals surface area contributed by atoms with E-state index in [-0.39, 0.29) is 0 Å². The summed E-state index contributed by atoms with van der Waals surface area (Å²) in [7, 11) is 0. The van der Waals surface area contributed by atoms with Gasteiger partial charge in [-0.05, 0) is 18.4 Å². The topological polar surface area (TPSA) is 24.4 Å². The van der Waals surface area contributed by atoms with Gasteiger partial charge in [-0.25, -0.2) is 0 Å². The van der Waals surface area contributed by atoms with Gasteiger partial charge in [-0.2, -0.15) is 4.40 Å². The van der Waals surface area contributed by atoms with Gasteiger partial charge in [0.2, 0.25) is 0 Å². The maximum Gasteiger partial charge on any atom is 0.168 e. The zero-order chi connectivity index (χ0) is 6.53. The zero-order valence-electron chi connectivity index (χ0n) is 5.39. The lowest BCUT2D eigenvalue weighted by molar-refractivity contribution is 0.845. The number of amidine groups is 1. The second-order valence-corrected chi connectivity index (χ2v) is 3.34. The Bertz CT molecular complexity index is 106. The molecule has 2 nitrogen and oxygen atoms in total. The van der Waals surface area contributed by atoms with Crippen LogP contribution in [0.2, 0.25) is 0 Å². The highest BCUT2D eigenvalue weighted by atomic mass is 32.2. The first kappa shape index (κ1) is 7.28. The van der Waals surface area contributed by atoms with E-state index < -0.39 is 0 Å². The van der Waals surface area contributed by atoms with E-state index in [0.717, 1.165) is 11.7 Å². The van der Waals surface area contributed by atoms with Crippen LogP contribution >= 0.6 is 23.7 Å². The molecule has 0 bridgehead atoms. The van der Waals surface area contributed by atoms with Gasteiger partial charge in [0.1, 0.15) is 0 Å². The molecule has 0 atom stereocenters. The highest BCUT2D eigenvalue weighted by Gasteiger charge is 2.04. The molecular formula is C5H10N2S2. The van der Waals surface area contributed by atoms with Crippen molar-refractivity contribution in [2.24, 2.45) is 4.40 Å². The monoisotopic (exact) mass is 162 g/mol. The lowest BCUT2D eigenvalue weighted by Crippen LogP contribution is -2.26. The van der Waals surface area contributed by atoms with Gasteiger partial charge in [-0.15, -0.1) is 0 Å². The Hall–Kier alpha value is 0.170. The maximum absolute atomic E-state index is 4.17. The Labute approximate surface area is 64.0 Å². The molecule has 0 amide bonds. The molecule has 0 saturated carbocycles. The van der Waals surface area contributed by atoms with Gasteiger partial charge in [-0.3, -0.25) is 0 Å². The number of hydrogen-bond donors (Lipinski definition) is 1. The molecule has 1 heterocycles. The second-order valence-electron chi connectivity index (χ2n) is 1.71. The van der Waals surface area contributed by atoms with Crippen LogP contribution in [0.5, 0.6) is 0 Å². The summed E-state index contributed by atoms with van der Waals surface area (Å²) in [6, 6.07) is 0. The minimum absolute atomic E-state index is 1.09. The fourth-order valence-corrected chi connectivity index (χ4v) is 1.98. The third-order valence-electron chi connectivity index (χ3n) is 1.01. The summed E-state index contributed by atoms with van der Waals surface area (Å²) in [5.74, 6) is 1.21. The second kappa shape index (κ2) is 4.06. The predicted molar refractivity (Wildman–Crippen MR) is 46.0 cm³/mol. The largest absolute Gasteiger partial charge is 0.364 e.